The number of hydrogen-bond acceptors (Lipinski definition) is 6. The molecule has 0 radical (unpaired) electrons. The summed E-state index contributed by atoms with van der Waals surface area (Å²) in [7, 11) is 0. The van der Waals surface area contributed by atoms with E-state index in [-0.39, 0.29) is 6.04 Å². The third-order valence-electron chi connectivity index (χ3n) is 5.40. The average Bonchev–Trinajstić information content (AvgIpc) is 3.36. The predicted octanol–water partition coefficient (Wildman–Crippen LogP) is 4.04. The van der Waals surface area contributed by atoms with Gasteiger partial charge in [0.2, 0.25) is 0 Å². The first kappa shape index (κ1) is 17.7. The van der Waals surface area contributed by atoms with Crippen LogP contribution in [0, 0.1) is 5.92 Å². The van der Waals surface area contributed by atoms with Crippen molar-refractivity contribution in [3.05, 3.63) is 60.4 Å². The third-order valence-corrected chi connectivity index (χ3v) is 5.40. The molecule has 0 saturated carbocycles. The van der Waals surface area contributed by atoms with Gasteiger partial charge in [-0.05, 0) is 36.6 Å². The fraction of sp³-hybridized carbons (Fsp3) is 0.318. The van der Waals surface area contributed by atoms with Gasteiger partial charge in [-0.25, -0.2) is 9.97 Å². The van der Waals surface area contributed by atoms with Gasteiger partial charge >= 0.3 is 0 Å². The minimum absolute atomic E-state index is 0.00871. The lowest BCUT2D eigenvalue weighted by molar-refractivity contribution is 0.495. The molecule has 7 nitrogen and oxygen atoms in total. The average molecular weight is 385 g/mol. The molecular weight excluding hydrogens is 362 g/mol. The fourth-order valence-corrected chi connectivity index (χ4v) is 3.89. The summed E-state index contributed by atoms with van der Waals surface area (Å²) in [5, 5.41) is 13.6. The molecule has 5 rings (SSSR count). The molecule has 0 amide bonds. The fourth-order valence-electron chi connectivity index (χ4n) is 3.89. The van der Waals surface area contributed by atoms with E-state index in [1.54, 1.807) is 12.4 Å². The van der Waals surface area contributed by atoms with Gasteiger partial charge in [0.15, 0.2) is 11.6 Å². The topological polar surface area (TPSA) is 81.4 Å². The van der Waals surface area contributed by atoms with Gasteiger partial charge in [0.05, 0.1) is 11.6 Å². The highest BCUT2D eigenvalue weighted by atomic mass is 15.3. The zero-order valence-corrected chi connectivity index (χ0v) is 16.6. The molecule has 3 aromatic heterocycles. The van der Waals surface area contributed by atoms with Crippen LogP contribution in [0.4, 0.5) is 5.82 Å². The maximum Gasteiger partial charge on any atom is 0.163 e. The van der Waals surface area contributed by atoms with Crippen LogP contribution in [0.2, 0.25) is 0 Å². The van der Waals surface area contributed by atoms with Crippen molar-refractivity contribution >= 4 is 16.7 Å². The van der Waals surface area contributed by atoms with E-state index in [2.05, 4.69) is 45.0 Å². The number of nitrogens with one attached hydrogen (secondary N) is 1. The number of para-hydroxylation sites is 1. The minimum atomic E-state index is 0.00871. The highest BCUT2D eigenvalue weighted by molar-refractivity contribution is 5.90. The first-order valence-corrected chi connectivity index (χ1v) is 10.1. The SMILES string of the molecule is CC(C)[C@H](Nc1nc(-c2cccnc2)nc2ccccc12)c1nnc2n1CCC2. The summed E-state index contributed by atoms with van der Waals surface area (Å²) in [4.78, 5) is 13.8. The summed E-state index contributed by atoms with van der Waals surface area (Å²) in [5.41, 5.74) is 1.80. The first-order chi connectivity index (χ1) is 14.2. The van der Waals surface area contributed by atoms with E-state index in [0.29, 0.717) is 11.7 Å². The molecule has 4 aromatic rings. The maximum absolute atomic E-state index is 4.88. The Kier molecular flexibility index (Phi) is 4.42. The van der Waals surface area contributed by atoms with Gasteiger partial charge in [0.25, 0.3) is 0 Å². The quantitative estimate of drug-likeness (QED) is 0.558. The second-order valence-electron chi connectivity index (χ2n) is 7.75. The number of nitrogens with zero attached hydrogens (tertiary/aromatic N) is 6. The summed E-state index contributed by atoms with van der Waals surface area (Å²) in [6.45, 7) is 5.37. The van der Waals surface area contributed by atoms with Crippen LogP contribution >= 0.6 is 0 Å². The molecule has 1 aliphatic rings. The Balaban J connectivity index is 1.61. The molecule has 0 bridgehead atoms. The Hall–Kier alpha value is -3.35. The van der Waals surface area contributed by atoms with Gasteiger partial charge in [0, 0.05) is 36.3 Å². The normalized spacial score (nSPS) is 14.3. The zero-order chi connectivity index (χ0) is 19.8. The summed E-state index contributed by atoms with van der Waals surface area (Å²) in [5.74, 6) is 3.85. The highest BCUT2D eigenvalue weighted by Crippen LogP contribution is 2.31. The van der Waals surface area contributed by atoms with Crippen molar-refractivity contribution in [2.75, 3.05) is 5.32 Å². The summed E-state index contributed by atoms with van der Waals surface area (Å²) < 4.78 is 2.25. The van der Waals surface area contributed by atoms with Crippen LogP contribution in [0.1, 0.15) is 38.0 Å². The number of rotatable bonds is 5. The van der Waals surface area contributed by atoms with E-state index >= 15 is 0 Å². The smallest absolute Gasteiger partial charge is 0.163 e. The van der Waals surface area contributed by atoms with E-state index in [1.807, 2.05) is 30.3 Å². The number of fused-ring (bicyclic) bond motifs is 2. The van der Waals surface area contributed by atoms with Crippen molar-refractivity contribution in [1.82, 2.24) is 29.7 Å². The minimum Gasteiger partial charge on any atom is -0.359 e. The molecule has 0 unspecified atom stereocenters. The van der Waals surface area contributed by atoms with Crippen molar-refractivity contribution in [3.8, 4) is 11.4 Å². The van der Waals surface area contributed by atoms with Gasteiger partial charge < -0.3 is 9.88 Å². The number of hydrogen-bond donors (Lipinski definition) is 1. The standard InChI is InChI=1S/C22H23N7/c1-14(2)19(22-28-27-18-10-6-12-29(18)22)25-21-16-8-3-4-9-17(16)24-20(26-21)15-7-5-11-23-13-15/h3-5,7-9,11,13-14,19H,6,10,12H2,1-2H3,(H,24,25,26)/t19-/m0/s1. The molecule has 0 spiro atoms. The molecule has 0 aliphatic carbocycles. The largest absolute Gasteiger partial charge is 0.359 e. The Bertz CT molecular complexity index is 1150. The van der Waals surface area contributed by atoms with Crippen LogP contribution in [0.3, 0.4) is 0 Å². The molecule has 29 heavy (non-hydrogen) atoms. The maximum atomic E-state index is 4.88. The number of benzene rings is 1. The molecule has 0 fully saturated rings. The number of anilines is 1. The first-order valence-electron chi connectivity index (χ1n) is 10.1. The van der Waals surface area contributed by atoms with E-state index in [1.165, 1.54) is 0 Å². The van der Waals surface area contributed by atoms with Gasteiger partial charge in [-0.2, -0.15) is 0 Å². The van der Waals surface area contributed by atoms with Crippen LogP contribution < -0.4 is 5.32 Å². The zero-order valence-electron chi connectivity index (χ0n) is 16.6. The highest BCUT2D eigenvalue weighted by Gasteiger charge is 2.27. The molecule has 0 saturated heterocycles. The lowest BCUT2D eigenvalue weighted by Gasteiger charge is -2.23. The molecule has 1 atom stereocenters. The summed E-state index contributed by atoms with van der Waals surface area (Å²) in [6.07, 6.45) is 5.67. The van der Waals surface area contributed by atoms with Crippen molar-refractivity contribution in [1.29, 1.82) is 0 Å². The number of pyridine rings is 1. The van der Waals surface area contributed by atoms with E-state index in [0.717, 1.165) is 53.3 Å². The number of aryl methyl sites for hydroxylation is 1. The Morgan fingerprint density at radius 3 is 2.76 bits per heavy atom. The van der Waals surface area contributed by atoms with Crippen LogP contribution in [-0.4, -0.2) is 29.7 Å². The molecule has 1 aromatic carbocycles. The molecule has 7 heteroatoms. The second-order valence-corrected chi connectivity index (χ2v) is 7.75. The predicted molar refractivity (Wildman–Crippen MR) is 112 cm³/mol. The Morgan fingerprint density at radius 2 is 1.93 bits per heavy atom. The number of aromatic nitrogens is 6. The monoisotopic (exact) mass is 385 g/mol. The lowest BCUT2D eigenvalue weighted by atomic mass is 10.0. The Morgan fingerprint density at radius 1 is 1.03 bits per heavy atom. The molecule has 146 valence electrons. The van der Waals surface area contributed by atoms with E-state index in [9.17, 15) is 0 Å². The van der Waals surface area contributed by atoms with Crippen molar-refractivity contribution in [3.63, 3.8) is 0 Å². The van der Waals surface area contributed by atoms with Gasteiger partial charge in [0.1, 0.15) is 11.6 Å². The second kappa shape index (κ2) is 7.24. The van der Waals surface area contributed by atoms with E-state index < -0.39 is 0 Å². The van der Waals surface area contributed by atoms with E-state index in [4.69, 9.17) is 9.97 Å². The van der Waals surface area contributed by atoms with Gasteiger partial charge in [-0.1, -0.05) is 26.0 Å². The summed E-state index contributed by atoms with van der Waals surface area (Å²) >= 11 is 0. The van der Waals surface area contributed by atoms with Crippen molar-refractivity contribution < 1.29 is 0 Å². The van der Waals surface area contributed by atoms with Crippen LogP contribution in [-0.2, 0) is 13.0 Å². The van der Waals surface area contributed by atoms with Crippen molar-refractivity contribution in [2.24, 2.45) is 5.92 Å². The van der Waals surface area contributed by atoms with Gasteiger partial charge in [-0.3, -0.25) is 4.98 Å². The van der Waals surface area contributed by atoms with Crippen LogP contribution in [0.5, 0.6) is 0 Å². The summed E-state index contributed by atoms with van der Waals surface area (Å²) in [6, 6.07) is 12.0. The molecule has 4 heterocycles. The lowest BCUT2D eigenvalue weighted by Crippen LogP contribution is -2.22. The van der Waals surface area contributed by atoms with Gasteiger partial charge in [-0.15, -0.1) is 10.2 Å². The molecule has 1 N–H and O–H groups in total. The third kappa shape index (κ3) is 3.22. The van der Waals surface area contributed by atoms with Crippen LogP contribution in [0.15, 0.2) is 48.8 Å². The molecule has 1 aliphatic heterocycles. The molecular formula is C22H23N7. The van der Waals surface area contributed by atoms with Crippen molar-refractivity contribution in [2.45, 2.75) is 39.3 Å². The Labute approximate surface area is 169 Å². The van der Waals surface area contributed by atoms with Crippen LogP contribution in [0.25, 0.3) is 22.3 Å².